The number of thiophene rings is 1. The van der Waals surface area contributed by atoms with Crippen LogP contribution in [0.3, 0.4) is 0 Å². The molecule has 1 heterocycles. The number of hydrogen-bond donors (Lipinski definition) is 1. The van der Waals surface area contributed by atoms with E-state index in [2.05, 4.69) is 20.7 Å². The fourth-order valence-corrected chi connectivity index (χ4v) is 4.44. The molecule has 4 nitrogen and oxygen atoms in total. The lowest BCUT2D eigenvalue weighted by molar-refractivity contribution is 0.581. The minimum Gasteiger partial charge on any atom is -0.207 e. The van der Waals surface area contributed by atoms with E-state index in [0.717, 1.165) is 8.66 Å². The highest BCUT2D eigenvalue weighted by Gasteiger charge is 2.17. The van der Waals surface area contributed by atoms with Crippen LogP contribution in [0.25, 0.3) is 0 Å². The van der Waals surface area contributed by atoms with Crippen molar-refractivity contribution in [3.63, 3.8) is 0 Å². The van der Waals surface area contributed by atoms with Crippen LogP contribution in [0.4, 0.5) is 0 Å². The van der Waals surface area contributed by atoms with E-state index >= 15 is 0 Å². The van der Waals surface area contributed by atoms with Gasteiger partial charge in [-0.15, -0.1) is 11.3 Å². The summed E-state index contributed by atoms with van der Waals surface area (Å²) in [6.45, 7) is 1.94. The Kier molecular flexibility index (Phi) is 4.60. The molecule has 0 fully saturated rings. The summed E-state index contributed by atoms with van der Waals surface area (Å²) < 4.78 is 28.0. The lowest BCUT2D eigenvalue weighted by Gasteiger charge is -2.08. The Labute approximate surface area is 130 Å². The van der Waals surface area contributed by atoms with Gasteiger partial charge in [0.25, 0.3) is 0 Å². The molecule has 0 saturated heterocycles. The molecule has 2 aromatic rings. The first-order valence-corrected chi connectivity index (χ1v) is 8.76. The van der Waals surface area contributed by atoms with Crippen molar-refractivity contribution < 1.29 is 8.42 Å². The maximum Gasteiger partial charge on any atom is 0.241 e. The van der Waals surface area contributed by atoms with Crippen molar-refractivity contribution in [2.24, 2.45) is 0 Å². The number of nitriles is 1. The van der Waals surface area contributed by atoms with E-state index < -0.39 is 10.0 Å². The number of nitrogens with one attached hydrogen (secondary N) is 1. The minimum atomic E-state index is -3.62. The molecule has 104 valence electrons. The highest BCUT2D eigenvalue weighted by molar-refractivity contribution is 9.11. The second-order valence-electron chi connectivity index (χ2n) is 4.12. The second-order valence-corrected chi connectivity index (χ2v) is 8.41. The van der Waals surface area contributed by atoms with Crippen LogP contribution < -0.4 is 4.72 Å². The molecule has 1 aromatic heterocycles. The van der Waals surface area contributed by atoms with Crippen molar-refractivity contribution in [2.45, 2.75) is 18.4 Å². The number of halogens is 1. The lowest BCUT2D eigenvalue weighted by atomic mass is 10.2. The van der Waals surface area contributed by atoms with Crippen LogP contribution in [0.1, 0.15) is 16.0 Å². The molecule has 0 saturated carbocycles. The number of nitrogens with zero attached hydrogens (tertiary/aromatic N) is 1. The van der Waals surface area contributed by atoms with Crippen molar-refractivity contribution in [3.05, 3.63) is 50.1 Å². The fourth-order valence-electron chi connectivity index (χ4n) is 1.65. The third-order valence-electron chi connectivity index (χ3n) is 2.67. The first kappa shape index (κ1) is 15.2. The molecular formula is C13H11BrN2O2S2. The summed E-state index contributed by atoms with van der Waals surface area (Å²) >= 11 is 4.81. The van der Waals surface area contributed by atoms with E-state index in [1.807, 2.05) is 18.2 Å². The molecule has 1 aromatic carbocycles. The first-order valence-electron chi connectivity index (χ1n) is 5.67. The summed E-state index contributed by atoms with van der Waals surface area (Å²) in [6.07, 6.45) is 0. The zero-order chi connectivity index (χ0) is 14.8. The molecule has 0 radical (unpaired) electrons. The molecule has 0 aliphatic carbocycles. The van der Waals surface area contributed by atoms with Crippen molar-refractivity contribution in [2.75, 3.05) is 0 Å². The van der Waals surface area contributed by atoms with Crippen LogP contribution in [0.2, 0.25) is 0 Å². The van der Waals surface area contributed by atoms with Gasteiger partial charge < -0.3 is 0 Å². The van der Waals surface area contributed by atoms with E-state index in [9.17, 15) is 8.42 Å². The zero-order valence-corrected chi connectivity index (χ0v) is 13.8. The van der Waals surface area contributed by atoms with Crippen LogP contribution in [0.15, 0.2) is 39.0 Å². The molecule has 0 aliphatic rings. The molecule has 2 rings (SSSR count). The van der Waals surface area contributed by atoms with Gasteiger partial charge in [-0.25, -0.2) is 13.1 Å². The van der Waals surface area contributed by atoms with Gasteiger partial charge in [-0.05, 0) is 52.7 Å². The smallest absolute Gasteiger partial charge is 0.207 e. The molecule has 0 unspecified atom stereocenters. The maximum atomic E-state index is 12.3. The van der Waals surface area contributed by atoms with Gasteiger partial charge >= 0.3 is 0 Å². The van der Waals surface area contributed by atoms with E-state index in [1.165, 1.54) is 17.4 Å². The van der Waals surface area contributed by atoms with Gasteiger partial charge in [-0.3, -0.25) is 0 Å². The Morgan fingerprint density at radius 3 is 2.70 bits per heavy atom. The minimum absolute atomic E-state index is 0.146. The van der Waals surface area contributed by atoms with E-state index in [4.69, 9.17) is 5.26 Å². The Bertz CT molecular complexity index is 776. The third-order valence-corrected chi connectivity index (χ3v) is 5.84. The van der Waals surface area contributed by atoms with Crippen LogP contribution in [-0.2, 0) is 16.6 Å². The normalized spacial score (nSPS) is 11.2. The maximum absolute atomic E-state index is 12.3. The van der Waals surface area contributed by atoms with E-state index in [-0.39, 0.29) is 11.4 Å². The van der Waals surface area contributed by atoms with Crippen LogP contribution in [0.5, 0.6) is 0 Å². The first-order chi connectivity index (χ1) is 9.42. The summed E-state index contributed by atoms with van der Waals surface area (Å²) in [5, 5.41) is 8.86. The zero-order valence-electron chi connectivity index (χ0n) is 10.6. The number of hydrogen-bond acceptors (Lipinski definition) is 4. The molecule has 0 aliphatic heterocycles. The predicted octanol–water partition coefficient (Wildman–Crippen LogP) is 3.17. The second kappa shape index (κ2) is 6.06. The molecular weight excluding hydrogens is 360 g/mol. The Morgan fingerprint density at radius 1 is 1.35 bits per heavy atom. The summed E-state index contributed by atoms with van der Waals surface area (Å²) in [5.74, 6) is 0. The standard InChI is InChI=1S/C13H11BrN2O2S2/c1-9-2-3-10(7-15)6-12(9)20(17,18)16-8-11-4-5-13(14)19-11/h2-6,16H,8H2,1H3. The van der Waals surface area contributed by atoms with Gasteiger partial charge in [0.2, 0.25) is 10.0 Å². The van der Waals surface area contributed by atoms with Crippen molar-refractivity contribution >= 4 is 37.3 Å². The average molecular weight is 371 g/mol. The molecule has 1 N–H and O–H groups in total. The number of benzene rings is 1. The highest BCUT2D eigenvalue weighted by atomic mass is 79.9. The summed E-state index contributed by atoms with van der Waals surface area (Å²) in [4.78, 5) is 1.06. The van der Waals surface area contributed by atoms with Crippen LogP contribution in [0, 0.1) is 18.3 Å². The third kappa shape index (κ3) is 3.46. The van der Waals surface area contributed by atoms with Gasteiger partial charge in [0.05, 0.1) is 20.3 Å². The molecule has 7 heteroatoms. The summed E-state index contributed by atoms with van der Waals surface area (Å²) in [7, 11) is -3.62. The average Bonchev–Trinajstić information content (AvgIpc) is 2.83. The summed E-state index contributed by atoms with van der Waals surface area (Å²) in [6, 6.07) is 10.3. The lowest BCUT2D eigenvalue weighted by Crippen LogP contribution is -2.23. The van der Waals surface area contributed by atoms with Gasteiger partial charge in [-0.2, -0.15) is 5.26 Å². The molecule has 0 bridgehead atoms. The number of rotatable bonds is 4. The Balaban J connectivity index is 2.24. The highest BCUT2D eigenvalue weighted by Crippen LogP contribution is 2.23. The van der Waals surface area contributed by atoms with Crippen LogP contribution in [-0.4, -0.2) is 8.42 Å². The Hall–Kier alpha value is -1.20. The molecule has 0 spiro atoms. The van der Waals surface area contributed by atoms with Gasteiger partial charge in [0.1, 0.15) is 0 Å². The quantitative estimate of drug-likeness (QED) is 0.898. The van der Waals surface area contributed by atoms with Crippen molar-refractivity contribution in [1.29, 1.82) is 5.26 Å². The van der Waals surface area contributed by atoms with Gasteiger partial charge in [-0.1, -0.05) is 6.07 Å². The SMILES string of the molecule is Cc1ccc(C#N)cc1S(=O)(=O)NCc1ccc(Br)s1. The summed E-state index contributed by atoms with van der Waals surface area (Å²) in [5.41, 5.74) is 0.943. The fraction of sp³-hybridized carbons (Fsp3) is 0.154. The van der Waals surface area contributed by atoms with Crippen molar-refractivity contribution in [1.82, 2.24) is 4.72 Å². The van der Waals surface area contributed by atoms with Crippen LogP contribution >= 0.6 is 27.3 Å². The number of sulfonamides is 1. The number of aryl methyl sites for hydroxylation is 1. The molecule has 0 atom stereocenters. The van der Waals surface area contributed by atoms with Gasteiger partial charge in [0, 0.05) is 11.4 Å². The largest absolute Gasteiger partial charge is 0.241 e. The molecule has 0 amide bonds. The van der Waals surface area contributed by atoms with E-state index in [1.54, 1.807) is 19.1 Å². The van der Waals surface area contributed by atoms with Crippen molar-refractivity contribution in [3.8, 4) is 6.07 Å². The molecule has 20 heavy (non-hydrogen) atoms. The van der Waals surface area contributed by atoms with E-state index in [0.29, 0.717) is 11.1 Å². The Morgan fingerprint density at radius 2 is 2.10 bits per heavy atom. The van der Waals surface area contributed by atoms with Gasteiger partial charge in [0.15, 0.2) is 0 Å². The topological polar surface area (TPSA) is 70.0 Å². The monoisotopic (exact) mass is 370 g/mol. The predicted molar refractivity (Wildman–Crippen MR) is 81.9 cm³/mol.